The molecule has 6 heteroatoms. The average molecular weight is 351 g/mol. The van der Waals surface area contributed by atoms with Gasteiger partial charge < -0.3 is 20.5 Å². The standard InChI is InChI=1S/C19H30FN3O2/c1-2-21-19(23-16-7-9-17(24)10-8-16)22-13-3-4-14-25-18-11-5-15(20)6-12-18/h5-6,11-12,16-17,24H,2-4,7-10,13-14H2,1H3,(H2,21,22,23). The zero-order valence-corrected chi connectivity index (χ0v) is 15.0. The number of guanidine groups is 1. The fraction of sp³-hybridized carbons (Fsp3) is 0.632. The molecule has 0 spiro atoms. The van der Waals surface area contributed by atoms with E-state index in [4.69, 9.17) is 4.74 Å². The highest BCUT2D eigenvalue weighted by molar-refractivity contribution is 5.80. The molecule has 0 atom stereocenters. The summed E-state index contributed by atoms with van der Waals surface area (Å²) in [6.45, 7) is 4.22. The Balaban J connectivity index is 1.64. The average Bonchev–Trinajstić information content (AvgIpc) is 2.61. The molecule has 0 saturated heterocycles. The smallest absolute Gasteiger partial charge is 0.191 e. The van der Waals surface area contributed by atoms with Gasteiger partial charge in [0.25, 0.3) is 0 Å². The van der Waals surface area contributed by atoms with Gasteiger partial charge in [0.05, 0.1) is 12.7 Å². The van der Waals surface area contributed by atoms with Crippen molar-refractivity contribution in [3.05, 3.63) is 30.1 Å². The monoisotopic (exact) mass is 351 g/mol. The summed E-state index contributed by atoms with van der Waals surface area (Å²) in [7, 11) is 0. The van der Waals surface area contributed by atoms with Gasteiger partial charge in [0.15, 0.2) is 5.96 Å². The van der Waals surface area contributed by atoms with Crippen LogP contribution in [0.2, 0.25) is 0 Å². The second-order valence-electron chi connectivity index (χ2n) is 6.42. The summed E-state index contributed by atoms with van der Waals surface area (Å²) < 4.78 is 18.4. The van der Waals surface area contributed by atoms with Gasteiger partial charge in [0.2, 0.25) is 0 Å². The molecule has 0 unspecified atom stereocenters. The van der Waals surface area contributed by atoms with E-state index in [0.29, 0.717) is 18.4 Å². The summed E-state index contributed by atoms with van der Waals surface area (Å²) in [5, 5.41) is 16.3. The number of ether oxygens (including phenoxy) is 1. The van der Waals surface area contributed by atoms with Crippen molar-refractivity contribution >= 4 is 5.96 Å². The van der Waals surface area contributed by atoms with Crippen molar-refractivity contribution in [2.24, 2.45) is 4.99 Å². The molecule has 1 saturated carbocycles. The van der Waals surface area contributed by atoms with Gasteiger partial charge >= 0.3 is 0 Å². The third kappa shape index (κ3) is 7.73. The Kier molecular flexibility index (Phi) is 8.52. The Morgan fingerprint density at radius 2 is 1.92 bits per heavy atom. The van der Waals surface area contributed by atoms with Crippen LogP contribution in [0, 0.1) is 5.82 Å². The third-order valence-corrected chi connectivity index (χ3v) is 4.29. The van der Waals surface area contributed by atoms with E-state index in [0.717, 1.165) is 57.6 Å². The molecule has 1 aromatic rings. The van der Waals surface area contributed by atoms with Crippen LogP contribution in [-0.2, 0) is 0 Å². The summed E-state index contributed by atoms with van der Waals surface area (Å²) in [6.07, 6.45) is 5.37. The lowest BCUT2D eigenvalue weighted by Gasteiger charge is -2.27. The Morgan fingerprint density at radius 1 is 1.20 bits per heavy atom. The van der Waals surface area contributed by atoms with Crippen LogP contribution in [-0.4, -0.2) is 42.9 Å². The second-order valence-corrected chi connectivity index (χ2v) is 6.42. The molecule has 25 heavy (non-hydrogen) atoms. The Bertz CT molecular complexity index is 514. The number of hydrogen-bond donors (Lipinski definition) is 3. The largest absolute Gasteiger partial charge is 0.494 e. The van der Waals surface area contributed by atoms with Crippen molar-refractivity contribution < 1.29 is 14.2 Å². The van der Waals surface area contributed by atoms with Crippen LogP contribution in [0.3, 0.4) is 0 Å². The summed E-state index contributed by atoms with van der Waals surface area (Å²) >= 11 is 0. The summed E-state index contributed by atoms with van der Waals surface area (Å²) in [5.74, 6) is 1.29. The summed E-state index contributed by atoms with van der Waals surface area (Å²) in [6, 6.07) is 6.48. The van der Waals surface area contributed by atoms with E-state index in [1.165, 1.54) is 12.1 Å². The number of aliphatic imine (C=N–C) groups is 1. The molecule has 0 radical (unpaired) electrons. The highest BCUT2D eigenvalue weighted by Gasteiger charge is 2.19. The fourth-order valence-corrected chi connectivity index (χ4v) is 2.86. The highest BCUT2D eigenvalue weighted by atomic mass is 19.1. The summed E-state index contributed by atoms with van der Waals surface area (Å²) in [5.41, 5.74) is 0. The molecule has 0 aromatic heterocycles. The van der Waals surface area contributed by atoms with E-state index < -0.39 is 0 Å². The molecule has 1 fully saturated rings. The van der Waals surface area contributed by atoms with Gasteiger partial charge in [-0.3, -0.25) is 4.99 Å². The lowest BCUT2D eigenvalue weighted by molar-refractivity contribution is 0.120. The Hall–Kier alpha value is -1.82. The van der Waals surface area contributed by atoms with Gasteiger partial charge in [-0.2, -0.15) is 0 Å². The SMILES string of the molecule is CCNC(=NCCCCOc1ccc(F)cc1)NC1CCC(O)CC1. The normalized spacial score (nSPS) is 21.0. The number of unbranched alkanes of at least 4 members (excludes halogenated alkanes) is 1. The molecule has 1 aliphatic rings. The number of nitrogens with one attached hydrogen (secondary N) is 2. The minimum absolute atomic E-state index is 0.140. The number of rotatable bonds is 8. The molecule has 3 N–H and O–H groups in total. The van der Waals surface area contributed by atoms with Crippen molar-refractivity contribution in [3.8, 4) is 5.75 Å². The van der Waals surface area contributed by atoms with E-state index in [-0.39, 0.29) is 11.9 Å². The van der Waals surface area contributed by atoms with Crippen LogP contribution in [0.1, 0.15) is 45.4 Å². The first-order valence-corrected chi connectivity index (χ1v) is 9.28. The third-order valence-electron chi connectivity index (χ3n) is 4.29. The lowest BCUT2D eigenvalue weighted by atomic mass is 9.93. The minimum Gasteiger partial charge on any atom is -0.494 e. The molecule has 1 aliphatic carbocycles. The van der Waals surface area contributed by atoms with Gasteiger partial charge in [-0.15, -0.1) is 0 Å². The van der Waals surface area contributed by atoms with E-state index in [9.17, 15) is 9.50 Å². The van der Waals surface area contributed by atoms with Crippen LogP contribution in [0.15, 0.2) is 29.3 Å². The number of halogens is 1. The first-order chi connectivity index (χ1) is 12.2. The first kappa shape index (κ1) is 19.5. The van der Waals surface area contributed by atoms with Gasteiger partial charge in [-0.05, 0) is 69.7 Å². The molecular weight excluding hydrogens is 321 g/mol. The van der Waals surface area contributed by atoms with Gasteiger partial charge in [-0.25, -0.2) is 4.39 Å². The van der Waals surface area contributed by atoms with Crippen molar-refractivity contribution in [3.63, 3.8) is 0 Å². The van der Waals surface area contributed by atoms with Crippen LogP contribution in [0.4, 0.5) is 4.39 Å². The topological polar surface area (TPSA) is 65.9 Å². The van der Waals surface area contributed by atoms with Crippen molar-refractivity contribution in [1.29, 1.82) is 0 Å². The zero-order chi connectivity index (χ0) is 17.9. The highest BCUT2D eigenvalue weighted by Crippen LogP contribution is 2.18. The van der Waals surface area contributed by atoms with Crippen LogP contribution >= 0.6 is 0 Å². The lowest BCUT2D eigenvalue weighted by Crippen LogP contribution is -2.45. The van der Waals surface area contributed by atoms with E-state index in [2.05, 4.69) is 22.5 Å². The van der Waals surface area contributed by atoms with E-state index in [1.54, 1.807) is 12.1 Å². The summed E-state index contributed by atoms with van der Waals surface area (Å²) in [4.78, 5) is 4.61. The fourth-order valence-electron chi connectivity index (χ4n) is 2.86. The zero-order valence-electron chi connectivity index (χ0n) is 15.0. The number of aliphatic hydroxyl groups excluding tert-OH is 1. The number of aliphatic hydroxyl groups is 1. The number of nitrogens with zero attached hydrogens (tertiary/aromatic N) is 1. The van der Waals surface area contributed by atoms with Crippen LogP contribution in [0.25, 0.3) is 0 Å². The molecule has 0 amide bonds. The number of benzene rings is 1. The van der Waals surface area contributed by atoms with Gasteiger partial charge in [0, 0.05) is 19.1 Å². The quantitative estimate of drug-likeness (QED) is 0.383. The maximum absolute atomic E-state index is 12.8. The molecule has 140 valence electrons. The first-order valence-electron chi connectivity index (χ1n) is 9.28. The van der Waals surface area contributed by atoms with Crippen LogP contribution in [0.5, 0.6) is 5.75 Å². The molecular formula is C19H30FN3O2. The minimum atomic E-state index is -0.252. The molecule has 5 nitrogen and oxygen atoms in total. The van der Waals surface area contributed by atoms with Crippen molar-refractivity contribution in [2.45, 2.75) is 57.6 Å². The van der Waals surface area contributed by atoms with E-state index >= 15 is 0 Å². The Labute approximate surface area is 149 Å². The molecule has 2 rings (SSSR count). The van der Waals surface area contributed by atoms with Crippen LogP contribution < -0.4 is 15.4 Å². The maximum atomic E-state index is 12.8. The Morgan fingerprint density at radius 3 is 2.60 bits per heavy atom. The van der Waals surface area contributed by atoms with E-state index in [1.807, 2.05) is 0 Å². The maximum Gasteiger partial charge on any atom is 0.191 e. The molecule has 1 aromatic carbocycles. The number of hydrogen-bond acceptors (Lipinski definition) is 3. The molecule has 0 heterocycles. The van der Waals surface area contributed by atoms with Gasteiger partial charge in [-0.1, -0.05) is 0 Å². The second kappa shape index (κ2) is 10.9. The molecule has 0 bridgehead atoms. The van der Waals surface area contributed by atoms with Crippen molar-refractivity contribution in [2.75, 3.05) is 19.7 Å². The predicted octanol–water partition coefficient (Wildman–Crippen LogP) is 2.84. The van der Waals surface area contributed by atoms with Crippen molar-refractivity contribution in [1.82, 2.24) is 10.6 Å². The molecule has 0 aliphatic heterocycles. The predicted molar refractivity (Wildman–Crippen MR) is 98.5 cm³/mol. The van der Waals surface area contributed by atoms with Gasteiger partial charge in [0.1, 0.15) is 11.6 Å².